The molecule has 8 heteroatoms. The molecule has 1 aromatic heterocycles. The first-order valence-electron chi connectivity index (χ1n) is 11.4. The van der Waals surface area contributed by atoms with E-state index in [0.29, 0.717) is 24.3 Å². The minimum atomic E-state index is -0.659. The Morgan fingerprint density at radius 3 is 2.39 bits per heavy atom. The summed E-state index contributed by atoms with van der Waals surface area (Å²) in [6.45, 7) is 2.37. The molecule has 0 fully saturated rings. The van der Waals surface area contributed by atoms with Gasteiger partial charge in [-0.15, -0.1) is 0 Å². The van der Waals surface area contributed by atoms with Crippen LogP contribution >= 0.6 is 0 Å². The Bertz CT molecular complexity index is 1350. The summed E-state index contributed by atoms with van der Waals surface area (Å²) in [5.74, 6) is -1.54. The molecule has 4 rings (SSSR count). The lowest BCUT2D eigenvalue weighted by atomic mass is 10.1. The number of esters is 1. The zero-order valence-electron chi connectivity index (χ0n) is 19.8. The van der Waals surface area contributed by atoms with E-state index in [4.69, 9.17) is 4.74 Å². The topological polar surface area (TPSA) is 102 Å². The van der Waals surface area contributed by atoms with Gasteiger partial charge in [0, 0.05) is 12.7 Å². The highest BCUT2D eigenvalue weighted by Crippen LogP contribution is 2.15. The predicted octanol–water partition coefficient (Wildman–Crippen LogP) is 3.97. The first-order valence-corrected chi connectivity index (χ1v) is 11.4. The number of aryl methyl sites for hydroxylation is 1. The monoisotopic (exact) mass is 482 g/mol. The molecule has 0 spiro atoms. The molecule has 1 heterocycles. The number of amides is 2. The van der Waals surface area contributed by atoms with Crippen molar-refractivity contribution >= 4 is 23.5 Å². The van der Waals surface area contributed by atoms with Crippen LogP contribution in [0, 0.1) is 6.92 Å². The third-order valence-corrected chi connectivity index (χ3v) is 5.41. The summed E-state index contributed by atoms with van der Waals surface area (Å²) >= 11 is 0. The highest BCUT2D eigenvalue weighted by molar-refractivity contribution is 6.04. The number of para-hydroxylation sites is 1. The Balaban J connectivity index is 1.29. The molecular weight excluding hydrogens is 456 g/mol. The van der Waals surface area contributed by atoms with E-state index in [1.54, 1.807) is 35.1 Å². The van der Waals surface area contributed by atoms with Gasteiger partial charge < -0.3 is 15.4 Å². The van der Waals surface area contributed by atoms with Gasteiger partial charge in [0.15, 0.2) is 6.61 Å². The van der Waals surface area contributed by atoms with Gasteiger partial charge in [0.25, 0.3) is 11.8 Å². The summed E-state index contributed by atoms with van der Waals surface area (Å²) in [7, 11) is 0. The van der Waals surface area contributed by atoms with Gasteiger partial charge in [0.1, 0.15) is 0 Å². The second-order valence-corrected chi connectivity index (χ2v) is 8.25. The van der Waals surface area contributed by atoms with E-state index in [1.807, 2.05) is 61.5 Å². The minimum Gasteiger partial charge on any atom is -0.452 e. The molecule has 0 radical (unpaired) electrons. The lowest BCUT2D eigenvalue weighted by Crippen LogP contribution is -2.26. The molecular formula is C28H26N4O4. The Hall–Kier alpha value is -4.72. The lowest BCUT2D eigenvalue weighted by Gasteiger charge is -2.12. The molecule has 2 amide bonds. The van der Waals surface area contributed by atoms with Crippen LogP contribution in [0.4, 0.5) is 5.69 Å². The van der Waals surface area contributed by atoms with Crippen LogP contribution in [0.1, 0.15) is 37.4 Å². The third-order valence-electron chi connectivity index (χ3n) is 5.41. The standard InChI is InChI=1S/C28H26N4O4/c1-20-11-13-21(14-12-20)15-29-27(34)24-9-5-6-10-25(24)31-26(33)19-36-28(35)23-16-30-32(18-23)17-22-7-3-2-4-8-22/h2-14,16,18H,15,17,19H2,1H3,(H,29,34)(H,31,33). The normalized spacial score (nSPS) is 10.5. The quantitative estimate of drug-likeness (QED) is 0.352. The maximum absolute atomic E-state index is 12.7. The van der Waals surface area contributed by atoms with Crippen molar-refractivity contribution in [1.82, 2.24) is 15.1 Å². The van der Waals surface area contributed by atoms with Gasteiger partial charge in [-0.2, -0.15) is 5.10 Å². The van der Waals surface area contributed by atoms with E-state index in [1.165, 1.54) is 6.20 Å². The van der Waals surface area contributed by atoms with E-state index < -0.39 is 18.5 Å². The molecule has 2 N–H and O–H groups in total. The number of ether oxygens (including phenoxy) is 1. The van der Waals surface area contributed by atoms with Gasteiger partial charge >= 0.3 is 5.97 Å². The average molecular weight is 483 g/mol. The molecule has 36 heavy (non-hydrogen) atoms. The SMILES string of the molecule is Cc1ccc(CNC(=O)c2ccccc2NC(=O)COC(=O)c2cnn(Cc3ccccc3)c2)cc1. The molecule has 0 unspecified atom stereocenters. The Labute approximate surface area is 208 Å². The van der Waals surface area contributed by atoms with Gasteiger partial charge in [-0.1, -0.05) is 72.3 Å². The highest BCUT2D eigenvalue weighted by Gasteiger charge is 2.16. The number of nitrogens with one attached hydrogen (secondary N) is 2. The summed E-state index contributed by atoms with van der Waals surface area (Å²) in [5, 5.41) is 9.67. The fraction of sp³-hybridized carbons (Fsp3) is 0.143. The van der Waals surface area contributed by atoms with Crippen molar-refractivity contribution in [2.24, 2.45) is 0 Å². The number of benzene rings is 3. The molecule has 4 aromatic rings. The highest BCUT2D eigenvalue weighted by atomic mass is 16.5. The van der Waals surface area contributed by atoms with Crippen LogP contribution in [-0.4, -0.2) is 34.2 Å². The van der Waals surface area contributed by atoms with Crippen LogP contribution in [0.3, 0.4) is 0 Å². The van der Waals surface area contributed by atoms with Gasteiger partial charge in [0.05, 0.1) is 29.6 Å². The minimum absolute atomic E-state index is 0.245. The van der Waals surface area contributed by atoms with Crippen LogP contribution in [0.5, 0.6) is 0 Å². The lowest BCUT2D eigenvalue weighted by molar-refractivity contribution is -0.119. The Kier molecular flexibility index (Phi) is 7.87. The molecule has 0 aliphatic heterocycles. The number of nitrogens with zero attached hydrogens (tertiary/aromatic N) is 2. The van der Waals surface area contributed by atoms with Crippen LogP contribution in [0.25, 0.3) is 0 Å². The van der Waals surface area contributed by atoms with Crippen LogP contribution in [0.15, 0.2) is 91.3 Å². The van der Waals surface area contributed by atoms with Crippen molar-refractivity contribution in [2.45, 2.75) is 20.0 Å². The smallest absolute Gasteiger partial charge is 0.341 e. The fourth-order valence-corrected chi connectivity index (χ4v) is 3.50. The maximum atomic E-state index is 12.7. The first kappa shape index (κ1) is 24.4. The molecule has 182 valence electrons. The van der Waals surface area contributed by atoms with E-state index in [0.717, 1.165) is 16.7 Å². The van der Waals surface area contributed by atoms with Crippen molar-refractivity contribution in [3.05, 3.63) is 119 Å². The zero-order valence-corrected chi connectivity index (χ0v) is 19.8. The Morgan fingerprint density at radius 1 is 0.889 bits per heavy atom. The first-order chi connectivity index (χ1) is 17.5. The molecule has 0 bridgehead atoms. The molecule has 0 saturated carbocycles. The van der Waals surface area contributed by atoms with Gasteiger partial charge in [-0.3, -0.25) is 14.3 Å². The molecule has 3 aromatic carbocycles. The van der Waals surface area contributed by atoms with Crippen molar-refractivity contribution in [2.75, 3.05) is 11.9 Å². The maximum Gasteiger partial charge on any atom is 0.341 e. The largest absolute Gasteiger partial charge is 0.452 e. The second-order valence-electron chi connectivity index (χ2n) is 8.25. The predicted molar refractivity (Wildman–Crippen MR) is 135 cm³/mol. The van der Waals surface area contributed by atoms with Crippen LogP contribution in [0.2, 0.25) is 0 Å². The van der Waals surface area contributed by atoms with Gasteiger partial charge in [-0.05, 0) is 30.2 Å². The summed E-state index contributed by atoms with van der Waals surface area (Å²) in [6.07, 6.45) is 2.97. The number of carbonyl (C=O) groups is 3. The molecule has 0 aliphatic carbocycles. The number of hydrogen-bond acceptors (Lipinski definition) is 5. The zero-order chi connectivity index (χ0) is 25.3. The van der Waals surface area contributed by atoms with E-state index in [2.05, 4.69) is 15.7 Å². The summed E-state index contributed by atoms with van der Waals surface area (Å²) in [5.41, 5.74) is 4.03. The van der Waals surface area contributed by atoms with Crippen molar-refractivity contribution in [1.29, 1.82) is 0 Å². The number of anilines is 1. The number of rotatable bonds is 9. The number of carbonyl (C=O) groups excluding carboxylic acids is 3. The molecule has 0 saturated heterocycles. The van der Waals surface area contributed by atoms with Crippen molar-refractivity contribution in [3.63, 3.8) is 0 Å². The fourth-order valence-electron chi connectivity index (χ4n) is 3.50. The summed E-state index contributed by atoms with van der Waals surface area (Å²) in [6, 6.07) is 24.2. The molecule has 0 atom stereocenters. The van der Waals surface area contributed by atoms with Crippen molar-refractivity contribution in [3.8, 4) is 0 Å². The van der Waals surface area contributed by atoms with E-state index in [9.17, 15) is 14.4 Å². The van der Waals surface area contributed by atoms with E-state index >= 15 is 0 Å². The van der Waals surface area contributed by atoms with Crippen LogP contribution < -0.4 is 10.6 Å². The number of aromatic nitrogens is 2. The van der Waals surface area contributed by atoms with Crippen molar-refractivity contribution < 1.29 is 19.1 Å². The van der Waals surface area contributed by atoms with Crippen LogP contribution in [-0.2, 0) is 22.6 Å². The van der Waals surface area contributed by atoms with Gasteiger partial charge in [0.2, 0.25) is 0 Å². The third kappa shape index (κ3) is 6.66. The summed E-state index contributed by atoms with van der Waals surface area (Å²) < 4.78 is 6.76. The number of hydrogen-bond donors (Lipinski definition) is 2. The second kappa shape index (κ2) is 11.6. The molecule has 8 nitrogen and oxygen atoms in total. The summed E-state index contributed by atoms with van der Waals surface area (Å²) in [4.78, 5) is 37.5. The average Bonchev–Trinajstić information content (AvgIpc) is 3.36. The Morgan fingerprint density at radius 2 is 1.61 bits per heavy atom. The van der Waals surface area contributed by atoms with Gasteiger partial charge in [-0.25, -0.2) is 4.79 Å². The molecule has 0 aliphatic rings. The van der Waals surface area contributed by atoms with E-state index in [-0.39, 0.29) is 11.5 Å².